The lowest BCUT2D eigenvalue weighted by Crippen LogP contribution is -1.88. The van der Waals surface area contributed by atoms with Crippen molar-refractivity contribution in [2.75, 3.05) is 7.11 Å². The first kappa shape index (κ1) is 10.1. The summed E-state index contributed by atoms with van der Waals surface area (Å²) in [5, 5.41) is 1.16. The molecule has 0 N–H and O–H groups in total. The normalized spacial score (nSPS) is 10.8. The van der Waals surface area contributed by atoms with E-state index in [1.165, 1.54) is 0 Å². The van der Waals surface area contributed by atoms with Crippen molar-refractivity contribution in [2.24, 2.45) is 0 Å². The van der Waals surface area contributed by atoms with E-state index in [2.05, 4.69) is 12.6 Å². The number of alkyl halides is 1. The van der Waals surface area contributed by atoms with E-state index in [1.54, 1.807) is 18.4 Å². The Kier molecular flexibility index (Phi) is 2.91. The molecule has 1 aromatic heterocycles. The lowest BCUT2D eigenvalue weighted by atomic mass is 10.2. The van der Waals surface area contributed by atoms with Crippen LogP contribution in [0.5, 0.6) is 5.75 Å². The summed E-state index contributed by atoms with van der Waals surface area (Å²) in [7, 11) is 1.67. The van der Waals surface area contributed by atoms with Gasteiger partial charge in [0, 0.05) is 5.56 Å². The highest BCUT2D eigenvalue weighted by Gasteiger charge is 2.09. The van der Waals surface area contributed by atoms with Crippen LogP contribution < -0.4 is 4.74 Å². The molecule has 0 aliphatic carbocycles. The van der Waals surface area contributed by atoms with Gasteiger partial charge in [0.2, 0.25) is 0 Å². The van der Waals surface area contributed by atoms with Crippen LogP contribution in [0.2, 0.25) is 0 Å². The molecule has 0 atom stereocenters. The van der Waals surface area contributed by atoms with Gasteiger partial charge < -0.3 is 4.74 Å². The highest BCUT2D eigenvalue weighted by molar-refractivity contribution is 7.83. The third kappa shape index (κ3) is 1.60. The molecule has 0 unspecified atom stereocenters. The molecule has 2 aromatic rings. The summed E-state index contributed by atoms with van der Waals surface area (Å²) in [6.45, 7) is 0. The van der Waals surface area contributed by atoms with Gasteiger partial charge in [0.05, 0.1) is 21.9 Å². The SMILES string of the molecule is COc1c(CCl)ccc2cc(S)sc12. The summed E-state index contributed by atoms with van der Waals surface area (Å²) >= 11 is 11.8. The predicted octanol–water partition coefficient (Wildman–Crippen LogP) is 3.94. The van der Waals surface area contributed by atoms with E-state index in [9.17, 15) is 0 Å². The van der Waals surface area contributed by atoms with Gasteiger partial charge in [-0.1, -0.05) is 12.1 Å². The molecule has 0 fully saturated rings. The molecule has 1 aromatic carbocycles. The fraction of sp³-hybridized carbons (Fsp3) is 0.200. The van der Waals surface area contributed by atoms with Crippen LogP contribution in [-0.2, 0) is 5.88 Å². The van der Waals surface area contributed by atoms with Crippen LogP contribution >= 0.6 is 35.6 Å². The zero-order valence-electron chi connectivity index (χ0n) is 7.58. The van der Waals surface area contributed by atoms with E-state index in [0.29, 0.717) is 5.88 Å². The minimum Gasteiger partial charge on any atom is -0.495 e. The highest BCUT2D eigenvalue weighted by Crippen LogP contribution is 2.37. The van der Waals surface area contributed by atoms with E-state index >= 15 is 0 Å². The molecule has 0 aliphatic rings. The summed E-state index contributed by atoms with van der Waals surface area (Å²) in [6, 6.07) is 6.07. The molecular weight excluding hydrogens is 236 g/mol. The molecule has 0 saturated carbocycles. The number of fused-ring (bicyclic) bond motifs is 1. The van der Waals surface area contributed by atoms with Gasteiger partial charge in [-0.05, 0) is 11.5 Å². The van der Waals surface area contributed by atoms with Gasteiger partial charge in [-0.2, -0.15) is 0 Å². The molecule has 74 valence electrons. The van der Waals surface area contributed by atoms with Crippen molar-refractivity contribution in [3.63, 3.8) is 0 Å². The first-order valence-corrected chi connectivity index (χ1v) is 5.90. The summed E-state index contributed by atoms with van der Waals surface area (Å²) in [6.07, 6.45) is 0. The first-order chi connectivity index (χ1) is 6.76. The second kappa shape index (κ2) is 4.01. The molecule has 0 amide bonds. The Bertz CT molecular complexity index is 464. The second-order valence-electron chi connectivity index (χ2n) is 2.89. The molecule has 0 bridgehead atoms. The Labute approximate surface area is 97.1 Å². The van der Waals surface area contributed by atoms with Gasteiger partial charge in [0.1, 0.15) is 5.75 Å². The first-order valence-electron chi connectivity index (χ1n) is 4.10. The lowest BCUT2D eigenvalue weighted by Gasteiger charge is -2.06. The Balaban J connectivity index is 2.75. The Hall–Kier alpha value is -0.380. The fourth-order valence-corrected chi connectivity index (χ4v) is 3.00. The van der Waals surface area contributed by atoms with Gasteiger partial charge in [-0.25, -0.2) is 0 Å². The summed E-state index contributed by atoms with van der Waals surface area (Å²) in [5.74, 6) is 1.35. The van der Waals surface area contributed by atoms with Crippen molar-refractivity contribution in [1.82, 2.24) is 0 Å². The average Bonchev–Trinajstić information content (AvgIpc) is 2.56. The lowest BCUT2D eigenvalue weighted by molar-refractivity contribution is 0.417. The molecule has 0 aliphatic heterocycles. The third-order valence-electron chi connectivity index (χ3n) is 2.06. The van der Waals surface area contributed by atoms with Crippen molar-refractivity contribution in [1.29, 1.82) is 0 Å². The van der Waals surface area contributed by atoms with E-state index in [0.717, 1.165) is 25.6 Å². The molecule has 1 nitrogen and oxygen atoms in total. The number of methoxy groups -OCH3 is 1. The number of thiophene rings is 1. The number of ether oxygens (including phenoxy) is 1. The van der Waals surface area contributed by atoms with E-state index in [1.807, 2.05) is 18.2 Å². The highest BCUT2D eigenvalue weighted by atomic mass is 35.5. The molecule has 14 heavy (non-hydrogen) atoms. The van der Waals surface area contributed by atoms with E-state index in [4.69, 9.17) is 16.3 Å². The number of rotatable bonds is 2. The maximum atomic E-state index is 5.82. The number of halogens is 1. The van der Waals surface area contributed by atoms with Crippen LogP contribution in [-0.4, -0.2) is 7.11 Å². The fourth-order valence-electron chi connectivity index (χ4n) is 1.43. The van der Waals surface area contributed by atoms with Crippen LogP contribution in [0, 0.1) is 0 Å². The summed E-state index contributed by atoms with van der Waals surface area (Å²) < 4.78 is 7.47. The van der Waals surface area contributed by atoms with Crippen LogP contribution in [0.25, 0.3) is 10.1 Å². The van der Waals surface area contributed by atoms with E-state index in [-0.39, 0.29) is 0 Å². The number of hydrogen-bond acceptors (Lipinski definition) is 3. The van der Waals surface area contributed by atoms with Crippen molar-refractivity contribution < 1.29 is 4.74 Å². The van der Waals surface area contributed by atoms with Gasteiger partial charge in [-0.15, -0.1) is 35.6 Å². The standard InChI is InChI=1S/C10H9ClOS2/c1-12-9-7(5-11)3-2-6-4-8(13)14-10(6)9/h2-4,13H,5H2,1H3. The van der Waals surface area contributed by atoms with Crippen molar-refractivity contribution in [3.8, 4) is 5.75 Å². The number of benzene rings is 1. The van der Waals surface area contributed by atoms with Crippen LogP contribution in [0.3, 0.4) is 0 Å². The van der Waals surface area contributed by atoms with Crippen molar-refractivity contribution in [2.45, 2.75) is 10.1 Å². The minimum absolute atomic E-state index is 0.471. The zero-order chi connectivity index (χ0) is 10.1. The van der Waals surface area contributed by atoms with Crippen LogP contribution in [0.15, 0.2) is 22.4 Å². The molecule has 0 saturated heterocycles. The minimum atomic E-state index is 0.471. The number of thiol groups is 1. The van der Waals surface area contributed by atoms with Crippen molar-refractivity contribution in [3.05, 3.63) is 23.8 Å². The Morgan fingerprint density at radius 2 is 2.29 bits per heavy atom. The van der Waals surface area contributed by atoms with Crippen molar-refractivity contribution >= 4 is 45.7 Å². The van der Waals surface area contributed by atoms with Gasteiger partial charge in [0.15, 0.2) is 0 Å². The largest absolute Gasteiger partial charge is 0.495 e. The van der Waals surface area contributed by atoms with E-state index < -0.39 is 0 Å². The topological polar surface area (TPSA) is 9.23 Å². The predicted molar refractivity (Wildman–Crippen MR) is 65.2 cm³/mol. The quantitative estimate of drug-likeness (QED) is 0.622. The number of hydrogen-bond donors (Lipinski definition) is 1. The van der Waals surface area contributed by atoms with Gasteiger partial charge in [0.25, 0.3) is 0 Å². The smallest absolute Gasteiger partial charge is 0.141 e. The summed E-state index contributed by atoms with van der Waals surface area (Å²) in [5.41, 5.74) is 1.02. The molecule has 2 rings (SSSR count). The maximum Gasteiger partial charge on any atom is 0.141 e. The van der Waals surface area contributed by atoms with Crippen LogP contribution in [0.4, 0.5) is 0 Å². The average molecular weight is 245 g/mol. The molecule has 4 heteroatoms. The molecule has 1 heterocycles. The van der Waals surface area contributed by atoms with Gasteiger partial charge >= 0.3 is 0 Å². The zero-order valence-corrected chi connectivity index (χ0v) is 10.0. The second-order valence-corrected chi connectivity index (χ2v) is 5.00. The Morgan fingerprint density at radius 1 is 1.50 bits per heavy atom. The van der Waals surface area contributed by atoms with Gasteiger partial charge in [-0.3, -0.25) is 0 Å². The summed E-state index contributed by atoms with van der Waals surface area (Å²) in [4.78, 5) is 0. The molecule has 0 spiro atoms. The van der Waals surface area contributed by atoms with Crippen LogP contribution in [0.1, 0.15) is 5.56 Å². The third-order valence-corrected chi connectivity index (χ3v) is 3.70. The maximum absolute atomic E-state index is 5.82. The monoisotopic (exact) mass is 244 g/mol. The molecular formula is C10H9ClOS2. The Morgan fingerprint density at radius 3 is 2.93 bits per heavy atom. The molecule has 0 radical (unpaired) electrons.